The molecule has 0 amide bonds. The topological polar surface area (TPSA) is 40.9 Å². The van der Waals surface area contributed by atoms with Gasteiger partial charge in [0.15, 0.2) is 5.78 Å². The van der Waals surface area contributed by atoms with Crippen LogP contribution in [0.1, 0.15) is 17.3 Å². The third-order valence-electron chi connectivity index (χ3n) is 1.80. The molecule has 0 heterocycles. The minimum Gasteiger partial charge on any atom is -0.293 e. The van der Waals surface area contributed by atoms with Crippen LogP contribution in [0.2, 0.25) is 5.02 Å². The van der Waals surface area contributed by atoms with Gasteiger partial charge in [-0.15, -0.1) is 0 Å². The lowest BCUT2D eigenvalue weighted by Crippen LogP contribution is -2.09. The van der Waals surface area contributed by atoms with Crippen molar-refractivity contribution in [1.29, 1.82) is 5.26 Å². The summed E-state index contributed by atoms with van der Waals surface area (Å²) in [5.74, 6) is -0.916. The van der Waals surface area contributed by atoms with Crippen LogP contribution in [0.25, 0.3) is 0 Å². The maximum absolute atomic E-state index is 11.6. The summed E-state index contributed by atoms with van der Waals surface area (Å²) in [5, 5.41) is 8.96. The predicted molar refractivity (Wildman–Crippen MR) is 58.3 cm³/mol. The van der Waals surface area contributed by atoms with Crippen molar-refractivity contribution in [2.24, 2.45) is 5.92 Å². The molecule has 0 radical (unpaired) electrons. The molecule has 0 aliphatic rings. The maximum Gasteiger partial charge on any atom is 0.181 e. The summed E-state index contributed by atoms with van der Waals surface area (Å²) >= 11 is 9.13. The third-order valence-corrected chi connectivity index (χ3v) is 3.10. The second-order valence-corrected chi connectivity index (χ2v) is 4.05. The minimum atomic E-state index is -0.665. The number of halogens is 2. The Hall–Kier alpha value is -0.850. The number of nitriles is 1. The van der Waals surface area contributed by atoms with Gasteiger partial charge in [-0.1, -0.05) is 17.7 Å². The predicted octanol–water partition coefficient (Wildman–Crippen LogP) is 3.44. The number of hydrogen-bond acceptors (Lipinski definition) is 2. The van der Waals surface area contributed by atoms with E-state index in [1.807, 2.05) is 6.07 Å². The molecule has 0 saturated carbocycles. The highest BCUT2D eigenvalue weighted by Gasteiger charge is 2.18. The molecule has 0 aromatic heterocycles. The molecule has 0 N–H and O–H groups in total. The molecule has 14 heavy (non-hydrogen) atoms. The van der Waals surface area contributed by atoms with E-state index in [1.165, 1.54) is 0 Å². The van der Waals surface area contributed by atoms with Crippen LogP contribution in [0.3, 0.4) is 0 Å². The zero-order chi connectivity index (χ0) is 10.7. The van der Waals surface area contributed by atoms with Crippen molar-refractivity contribution in [3.05, 3.63) is 33.3 Å². The molecular weight excluding hydrogens is 265 g/mol. The molecule has 1 aromatic carbocycles. The number of carbonyl (C=O) groups is 1. The fourth-order valence-corrected chi connectivity index (χ4v) is 1.57. The van der Waals surface area contributed by atoms with Gasteiger partial charge in [0.05, 0.1) is 11.1 Å². The normalized spacial score (nSPS) is 11.9. The summed E-state index contributed by atoms with van der Waals surface area (Å²) in [6, 6.07) is 6.96. The molecule has 1 unspecified atom stereocenters. The number of Topliss-reactive ketones (excluding diaryl/α,β-unsaturated/α-hetero) is 1. The van der Waals surface area contributed by atoms with Gasteiger partial charge in [-0.05, 0) is 35.0 Å². The van der Waals surface area contributed by atoms with Gasteiger partial charge in [0.25, 0.3) is 0 Å². The molecular formula is C10H7BrClNO. The Kier molecular flexibility index (Phi) is 3.68. The van der Waals surface area contributed by atoms with E-state index in [1.54, 1.807) is 25.1 Å². The van der Waals surface area contributed by atoms with Gasteiger partial charge < -0.3 is 0 Å². The smallest absolute Gasteiger partial charge is 0.181 e. The first-order valence-corrected chi connectivity index (χ1v) is 5.13. The van der Waals surface area contributed by atoms with Crippen LogP contribution >= 0.6 is 27.5 Å². The number of nitrogens with zero attached hydrogens (tertiary/aromatic N) is 1. The van der Waals surface area contributed by atoms with Crippen molar-refractivity contribution < 1.29 is 4.79 Å². The fraction of sp³-hybridized carbons (Fsp3) is 0.200. The van der Waals surface area contributed by atoms with Crippen LogP contribution in [0.15, 0.2) is 22.7 Å². The number of rotatable bonds is 2. The van der Waals surface area contributed by atoms with Gasteiger partial charge in [-0.2, -0.15) is 5.26 Å². The van der Waals surface area contributed by atoms with E-state index in [0.29, 0.717) is 15.1 Å². The Bertz CT molecular complexity index is 411. The van der Waals surface area contributed by atoms with Gasteiger partial charge in [-0.3, -0.25) is 4.79 Å². The lowest BCUT2D eigenvalue weighted by molar-refractivity contribution is 0.0956. The molecule has 1 atom stereocenters. The monoisotopic (exact) mass is 271 g/mol. The fourth-order valence-electron chi connectivity index (χ4n) is 0.986. The zero-order valence-electron chi connectivity index (χ0n) is 7.42. The standard InChI is InChI=1S/C10H7BrClNO/c1-6(5-13)10(14)7-3-2-4-8(11)9(7)12/h2-4,6H,1H3. The van der Waals surface area contributed by atoms with E-state index >= 15 is 0 Å². The third kappa shape index (κ3) is 2.14. The summed E-state index contributed by atoms with van der Waals surface area (Å²) in [6.07, 6.45) is 0. The quantitative estimate of drug-likeness (QED) is 0.774. The van der Waals surface area contributed by atoms with Crippen molar-refractivity contribution in [2.75, 3.05) is 0 Å². The molecule has 72 valence electrons. The van der Waals surface area contributed by atoms with E-state index in [2.05, 4.69) is 15.9 Å². The molecule has 1 aromatic rings. The van der Waals surface area contributed by atoms with Crippen LogP contribution < -0.4 is 0 Å². The van der Waals surface area contributed by atoms with Crippen molar-refractivity contribution >= 4 is 33.3 Å². The van der Waals surface area contributed by atoms with Crippen LogP contribution in [0.4, 0.5) is 0 Å². The second-order valence-electron chi connectivity index (χ2n) is 2.82. The van der Waals surface area contributed by atoms with E-state index in [-0.39, 0.29) is 5.78 Å². The highest BCUT2D eigenvalue weighted by molar-refractivity contribution is 9.10. The van der Waals surface area contributed by atoms with Gasteiger partial charge in [-0.25, -0.2) is 0 Å². The maximum atomic E-state index is 11.6. The summed E-state index contributed by atoms with van der Waals surface area (Å²) in [4.78, 5) is 11.6. The molecule has 0 aliphatic carbocycles. The molecule has 0 spiro atoms. The first-order valence-electron chi connectivity index (χ1n) is 3.95. The Morgan fingerprint density at radius 1 is 1.64 bits per heavy atom. The highest BCUT2D eigenvalue weighted by atomic mass is 79.9. The van der Waals surface area contributed by atoms with Gasteiger partial charge in [0.2, 0.25) is 0 Å². The molecule has 2 nitrogen and oxygen atoms in total. The van der Waals surface area contributed by atoms with Crippen LogP contribution in [-0.4, -0.2) is 5.78 Å². The average Bonchev–Trinajstić information content (AvgIpc) is 2.20. The van der Waals surface area contributed by atoms with Gasteiger partial charge in [0, 0.05) is 10.0 Å². The Morgan fingerprint density at radius 2 is 2.29 bits per heavy atom. The molecule has 0 aliphatic heterocycles. The minimum absolute atomic E-state index is 0.251. The highest BCUT2D eigenvalue weighted by Crippen LogP contribution is 2.27. The average molecular weight is 273 g/mol. The van der Waals surface area contributed by atoms with Crippen LogP contribution in [-0.2, 0) is 0 Å². The molecule has 0 fully saturated rings. The summed E-state index contributed by atoms with van der Waals surface area (Å²) in [7, 11) is 0. The zero-order valence-corrected chi connectivity index (χ0v) is 9.76. The van der Waals surface area contributed by atoms with E-state index < -0.39 is 5.92 Å². The summed E-state index contributed by atoms with van der Waals surface area (Å²) in [6.45, 7) is 1.56. The van der Waals surface area contributed by atoms with E-state index in [0.717, 1.165) is 0 Å². The first kappa shape index (κ1) is 11.2. The number of hydrogen-bond donors (Lipinski definition) is 0. The van der Waals surface area contributed by atoms with Crippen molar-refractivity contribution in [3.8, 4) is 6.07 Å². The first-order chi connectivity index (χ1) is 6.57. The molecule has 4 heteroatoms. The van der Waals surface area contributed by atoms with Crippen molar-refractivity contribution in [3.63, 3.8) is 0 Å². The van der Waals surface area contributed by atoms with Crippen molar-refractivity contribution in [1.82, 2.24) is 0 Å². The molecule has 1 rings (SSSR count). The summed E-state index contributed by atoms with van der Waals surface area (Å²) < 4.78 is 0.662. The Balaban J connectivity index is 3.15. The Labute approximate surface area is 95.6 Å². The lowest BCUT2D eigenvalue weighted by Gasteiger charge is -2.05. The largest absolute Gasteiger partial charge is 0.293 e. The van der Waals surface area contributed by atoms with E-state index in [4.69, 9.17) is 16.9 Å². The van der Waals surface area contributed by atoms with Crippen LogP contribution in [0, 0.1) is 17.2 Å². The van der Waals surface area contributed by atoms with E-state index in [9.17, 15) is 4.79 Å². The van der Waals surface area contributed by atoms with Gasteiger partial charge in [0.1, 0.15) is 5.92 Å². The number of carbonyl (C=O) groups excluding carboxylic acids is 1. The number of benzene rings is 1. The number of ketones is 1. The lowest BCUT2D eigenvalue weighted by atomic mass is 10.0. The molecule has 0 saturated heterocycles. The van der Waals surface area contributed by atoms with Crippen molar-refractivity contribution in [2.45, 2.75) is 6.92 Å². The Morgan fingerprint density at radius 3 is 2.86 bits per heavy atom. The summed E-state index contributed by atoms with van der Waals surface area (Å²) in [5.41, 5.74) is 0.384. The SMILES string of the molecule is CC(C#N)C(=O)c1cccc(Br)c1Cl. The second kappa shape index (κ2) is 4.59. The van der Waals surface area contributed by atoms with Crippen LogP contribution in [0.5, 0.6) is 0 Å². The van der Waals surface area contributed by atoms with Gasteiger partial charge >= 0.3 is 0 Å². The molecule has 0 bridgehead atoms.